The van der Waals surface area contributed by atoms with Crippen molar-refractivity contribution in [3.8, 4) is 11.3 Å². The quantitative estimate of drug-likeness (QED) is 0.785. The number of hydrogen-bond acceptors (Lipinski definition) is 4. The number of aliphatic hydroxyl groups excluding tert-OH is 1. The molecular formula is C10H9FN2O2. The van der Waals surface area contributed by atoms with Gasteiger partial charge in [-0.25, -0.2) is 4.39 Å². The molecule has 0 spiro atoms. The van der Waals surface area contributed by atoms with Crippen LogP contribution in [0.3, 0.4) is 0 Å². The number of hydrogen-bond donors (Lipinski definition) is 2. The van der Waals surface area contributed by atoms with Gasteiger partial charge in [-0.05, 0) is 17.7 Å². The van der Waals surface area contributed by atoms with Crippen molar-refractivity contribution in [1.82, 2.24) is 5.16 Å². The molecule has 0 amide bonds. The van der Waals surface area contributed by atoms with Crippen molar-refractivity contribution in [2.45, 2.75) is 6.61 Å². The fourth-order valence-corrected chi connectivity index (χ4v) is 1.28. The Morgan fingerprint density at radius 2 is 2.20 bits per heavy atom. The molecule has 0 bridgehead atoms. The zero-order valence-electron chi connectivity index (χ0n) is 7.77. The largest absolute Gasteiger partial charge is 0.392 e. The summed E-state index contributed by atoms with van der Waals surface area (Å²) < 4.78 is 18.2. The number of aliphatic hydroxyl groups is 1. The summed E-state index contributed by atoms with van der Waals surface area (Å²) in [6, 6.07) is 5.69. The number of nitrogens with zero attached hydrogens (tertiary/aromatic N) is 1. The summed E-state index contributed by atoms with van der Waals surface area (Å²) >= 11 is 0. The normalized spacial score (nSPS) is 10.5. The highest BCUT2D eigenvalue weighted by Gasteiger charge is 2.10. The summed E-state index contributed by atoms with van der Waals surface area (Å²) in [6.07, 6.45) is 0. The van der Waals surface area contributed by atoms with Crippen LogP contribution in [-0.2, 0) is 6.61 Å². The van der Waals surface area contributed by atoms with E-state index in [0.717, 1.165) is 0 Å². The zero-order chi connectivity index (χ0) is 10.8. The number of nitrogens with two attached hydrogens (primary N) is 1. The third-order valence-electron chi connectivity index (χ3n) is 2.01. The fourth-order valence-electron chi connectivity index (χ4n) is 1.28. The Morgan fingerprint density at radius 1 is 1.40 bits per heavy atom. The molecule has 0 aliphatic rings. The first kappa shape index (κ1) is 9.67. The second-order valence-corrected chi connectivity index (χ2v) is 3.09. The maximum absolute atomic E-state index is 13.4. The average Bonchev–Trinajstić information content (AvgIpc) is 2.65. The molecule has 0 aliphatic heterocycles. The van der Waals surface area contributed by atoms with E-state index in [0.29, 0.717) is 5.56 Å². The molecule has 0 saturated heterocycles. The molecule has 0 saturated carbocycles. The van der Waals surface area contributed by atoms with E-state index in [-0.39, 0.29) is 23.7 Å². The molecule has 0 radical (unpaired) electrons. The van der Waals surface area contributed by atoms with Crippen LogP contribution in [0.4, 0.5) is 10.2 Å². The van der Waals surface area contributed by atoms with Gasteiger partial charge in [-0.3, -0.25) is 0 Å². The van der Waals surface area contributed by atoms with Gasteiger partial charge in [-0.2, -0.15) is 0 Å². The Balaban J connectivity index is 2.51. The van der Waals surface area contributed by atoms with Crippen molar-refractivity contribution >= 4 is 5.82 Å². The molecule has 2 aromatic rings. The van der Waals surface area contributed by atoms with Gasteiger partial charge in [0.2, 0.25) is 0 Å². The molecule has 0 aliphatic carbocycles. The summed E-state index contributed by atoms with van der Waals surface area (Å²) in [4.78, 5) is 0. The monoisotopic (exact) mass is 208 g/mol. The zero-order valence-corrected chi connectivity index (χ0v) is 7.77. The van der Waals surface area contributed by atoms with Gasteiger partial charge in [-0.1, -0.05) is 11.2 Å². The number of anilines is 1. The topological polar surface area (TPSA) is 72.3 Å². The summed E-state index contributed by atoms with van der Waals surface area (Å²) in [5, 5.41) is 12.4. The van der Waals surface area contributed by atoms with Crippen LogP contribution in [0.25, 0.3) is 11.3 Å². The Kier molecular flexibility index (Phi) is 2.39. The Labute approximate surface area is 85.1 Å². The SMILES string of the molecule is Nc1cc(-c2cc(CO)ccc2F)on1. The van der Waals surface area contributed by atoms with Crippen LogP contribution in [0.15, 0.2) is 28.8 Å². The van der Waals surface area contributed by atoms with Crippen molar-refractivity contribution in [2.75, 3.05) is 5.73 Å². The van der Waals surface area contributed by atoms with Crippen LogP contribution in [0.1, 0.15) is 5.56 Å². The van der Waals surface area contributed by atoms with E-state index in [1.54, 1.807) is 0 Å². The van der Waals surface area contributed by atoms with E-state index in [2.05, 4.69) is 5.16 Å². The lowest BCUT2D eigenvalue weighted by atomic mass is 10.1. The maximum atomic E-state index is 13.4. The standard InChI is InChI=1S/C10H9FN2O2/c11-8-2-1-6(5-14)3-7(8)9-4-10(12)13-15-9/h1-4,14H,5H2,(H2,12,13). The number of halogens is 1. The van der Waals surface area contributed by atoms with Crippen molar-refractivity contribution in [1.29, 1.82) is 0 Å². The highest BCUT2D eigenvalue weighted by Crippen LogP contribution is 2.25. The lowest BCUT2D eigenvalue weighted by Crippen LogP contribution is -1.88. The van der Waals surface area contributed by atoms with Crippen LogP contribution in [0.5, 0.6) is 0 Å². The number of aromatic nitrogens is 1. The predicted octanol–water partition coefficient (Wildman–Crippen LogP) is 1.56. The van der Waals surface area contributed by atoms with E-state index in [1.165, 1.54) is 24.3 Å². The van der Waals surface area contributed by atoms with Gasteiger partial charge in [0.25, 0.3) is 0 Å². The van der Waals surface area contributed by atoms with Crippen molar-refractivity contribution < 1.29 is 14.0 Å². The van der Waals surface area contributed by atoms with E-state index < -0.39 is 5.82 Å². The van der Waals surface area contributed by atoms with Crippen molar-refractivity contribution in [3.63, 3.8) is 0 Å². The summed E-state index contributed by atoms with van der Waals surface area (Å²) in [7, 11) is 0. The molecule has 1 heterocycles. The molecular weight excluding hydrogens is 199 g/mol. The highest BCUT2D eigenvalue weighted by atomic mass is 19.1. The van der Waals surface area contributed by atoms with Gasteiger partial charge in [0, 0.05) is 6.07 Å². The molecule has 1 aromatic heterocycles. The minimum Gasteiger partial charge on any atom is -0.392 e. The first-order valence-corrected chi connectivity index (χ1v) is 4.32. The summed E-state index contributed by atoms with van der Waals surface area (Å²) in [5.74, 6) is 0.00227. The van der Waals surface area contributed by atoms with Crippen molar-refractivity contribution in [3.05, 3.63) is 35.6 Å². The van der Waals surface area contributed by atoms with Gasteiger partial charge in [0.1, 0.15) is 5.82 Å². The van der Waals surface area contributed by atoms with Crippen molar-refractivity contribution in [2.24, 2.45) is 0 Å². The Morgan fingerprint density at radius 3 is 2.80 bits per heavy atom. The van der Waals surface area contributed by atoms with Crippen LogP contribution >= 0.6 is 0 Å². The minimum absolute atomic E-state index is 0.156. The van der Waals surface area contributed by atoms with E-state index >= 15 is 0 Å². The van der Waals surface area contributed by atoms with Gasteiger partial charge in [0.05, 0.1) is 12.2 Å². The molecule has 5 heteroatoms. The molecule has 0 atom stereocenters. The molecule has 4 nitrogen and oxygen atoms in total. The average molecular weight is 208 g/mol. The third kappa shape index (κ3) is 1.82. The smallest absolute Gasteiger partial charge is 0.172 e. The third-order valence-corrected chi connectivity index (χ3v) is 2.01. The number of nitrogen functional groups attached to an aromatic ring is 1. The predicted molar refractivity (Wildman–Crippen MR) is 52.2 cm³/mol. The van der Waals surface area contributed by atoms with E-state index in [9.17, 15) is 4.39 Å². The van der Waals surface area contributed by atoms with Crippen LogP contribution in [0, 0.1) is 5.82 Å². The summed E-state index contributed by atoms with van der Waals surface area (Å²) in [5.41, 5.74) is 6.20. The molecule has 1 aromatic carbocycles. The van der Waals surface area contributed by atoms with Gasteiger partial charge in [0.15, 0.2) is 11.6 Å². The van der Waals surface area contributed by atoms with Crippen LogP contribution < -0.4 is 5.73 Å². The van der Waals surface area contributed by atoms with E-state index in [1.807, 2.05) is 0 Å². The molecule has 15 heavy (non-hydrogen) atoms. The number of rotatable bonds is 2. The Bertz CT molecular complexity index is 482. The van der Waals surface area contributed by atoms with Gasteiger partial charge >= 0.3 is 0 Å². The first-order valence-electron chi connectivity index (χ1n) is 4.32. The highest BCUT2D eigenvalue weighted by molar-refractivity contribution is 5.61. The first-order chi connectivity index (χ1) is 7.20. The fraction of sp³-hybridized carbons (Fsp3) is 0.100. The van der Waals surface area contributed by atoms with E-state index in [4.69, 9.17) is 15.4 Å². The lowest BCUT2D eigenvalue weighted by molar-refractivity contribution is 0.281. The molecule has 78 valence electrons. The Hall–Kier alpha value is -1.88. The van der Waals surface area contributed by atoms with Gasteiger partial charge in [-0.15, -0.1) is 0 Å². The minimum atomic E-state index is -0.441. The second-order valence-electron chi connectivity index (χ2n) is 3.09. The molecule has 3 N–H and O–H groups in total. The van der Waals surface area contributed by atoms with Gasteiger partial charge < -0.3 is 15.4 Å². The lowest BCUT2D eigenvalue weighted by Gasteiger charge is -2.00. The second kappa shape index (κ2) is 3.70. The molecule has 0 unspecified atom stereocenters. The molecule has 2 rings (SSSR count). The molecule has 0 fully saturated rings. The van der Waals surface area contributed by atoms with Crippen LogP contribution in [-0.4, -0.2) is 10.3 Å². The number of benzene rings is 1. The van der Waals surface area contributed by atoms with Crippen LogP contribution in [0.2, 0.25) is 0 Å². The summed E-state index contributed by atoms with van der Waals surface area (Å²) in [6.45, 7) is -0.156. The maximum Gasteiger partial charge on any atom is 0.172 e.